The Balaban J connectivity index is 1.68. The van der Waals surface area contributed by atoms with Gasteiger partial charge in [-0.1, -0.05) is 38.7 Å². The van der Waals surface area contributed by atoms with E-state index in [2.05, 4.69) is 29.3 Å². The Labute approximate surface area is 143 Å². The molecule has 1 aromatic rings. The molecule has 0 radical (unpaired) electrons. The molecule has 128 valence electrons. The fraction of sp³-hybridized carbons (Fsp3) is 0.737. The van der Waals surface area contributed by atoms with Crippen molar-refractivity contribution < 1.29 is 9.90 Å². The third-order valence-electron chi connectivity index (χ3n) is 5.77. The van der Waals surface area contributed by atoms with Gasteiger partial charge < -0.3 is 5.11 Å². The van der Waals surface area contributed by atoms with Crippen molar-refractivity contribution in [3.63, 3.8) is 0 Å². The molecule has 3 nitrogen and oxygen atoms in total. The first-order valence-electron chi connectivity index (χ1n) is 9.24. The van der Waals surface area contributed by atoms with E-state index in [1.165, 1.54) is 49.8 Å². The summed E-state index contributed by atoms with van der Waals surface area (Å²) in [4.78, 5) is 15.7. The van der Waals surface area contributed by atoms with Crippen LogP contribution in [0.2, 0.25) is 0 Å². The molecule has 4 heteroatoms. The van der Waals surface area contributed by atoms with Gasteiger partial charge in [0.25, 0.3) is 0 Å². The highest BCUT2D eigenvalue weighted by Crippen LogP contribution is 2.48. The zero-order chi connectivity index (χ0) is 16.2. The Morgan fingerprint density at radius 2 is 2.13 bits per heavy atom. The lowest BCUT2D eigenvalue weighted by Gasteiger charge is -2.43. The van der Waals surface area contributed by atoms with Crippen molar-refractivity contribution in [2.75, 3.05) is 6.54 Å². The van der Waals surface area contributed by atoms with Crippen LogP contribution in [0.15, 0.2) is 17.5 Å². The van der Waals surface area contributed by atoms with Gasteiger partial charge in [-0.25, -0.2) is 0 Å². The third kappa shape index (κ3) is 3.63. The minimum Gasteiger partial charge on any atom is -0.481 e. The summed E-state index contributed by atoms with van der Waals surface area (Å²) in [6.07, 6.45) is 9.74. The number of carbonyl (C=O) groups is 1. The van der Waals surface area contributed by atoms with Crippen LogP contribution in [-0.2, 0) is 4.79 Å². The van der Waals surface area contributed by atoms with Gasteiger partial charge in [0.1, 0.15) is 0 Å². The number of hydrogen-bond donors (Lipinski definition) is 1. The predicted molar refractivity (Wildman–Crippen MR) is 95.1 cm³/mol. The van der Waals surface area contributed by atoms with Gasteiger partial charge in [-0.2, -0.15) is 0 Å². The molecule has 1 N–H and O–H groups in total. The molecule has 0 spiro atoms. The number of nitrogens with zero attached hydrogens (tertiary/aromatic N) is 1. The van der Waals surface area contributed by atoms with Crippen molar-refractivity contribution in [3.05, 3.63) is 22.4 Å². The highest BCUT2D eigenvalue weighted by Gasteiger charge is 2.50. The molecular formula is C19H29NO2S. The second kappa shape index (κ2) is 7.80. The number of piperidine rings is 1. The first-order valence-corrected chi connectivity index (χ1v) is 10.1. The molecule has 0 saturated carbocycles. The molecular weight excluding hydrogens is 306 g/mol. The van der Waals surface area contributed by atoms with E-state index in [9.17, 15) is 9.90 Å². The summed E-state index contributed by atoms with van der Waals surface area (Å²) >= 11 is 1.74. The molecule has 0 aromatic carbocycles. The van der Waals surface area contributed by atoms with Crippen molar-refractivity contribution in [1.82, 2.24) is 4.90 Å². The monoisotopic (exact) mass is 335 g/mol. The van der Waals surface area contributed by atoms with Gasteiger partial charge in [-0.15, -0.1) is 11.3 Å². The lowest BCUT2D eigenvalue weighted by Crippen LogP contribution is -2.49. The molecule has 2 fully saturated rings. The summed E-state index contributed by atoms with van der Waals surface area (Å²) in [5, 5.41) is 11.8. The van der Waals surface area contributed by atoms with Crippen molar-refractivity contribution in [2.24, 2.45) is 5.92 Å². The minimum atomic E-state index is -0.595. The zero-order valence-electron chi connectivity index (χ0n) is 14.1. The van der Waals surface area contributed by atoms with Crippen LogP contribution in [0.5, 0.6) is 0 Å². The maximum Gasteiger partial charge on any atom is 0.307 e. The van der Waals surface area contributed by atoms with Gasteiger partial charge in [0.05, 0.1) is 5.92 Å². The highest BCUT2D eigenvalue weighted by atomic mass is 32.1. The third-order valence-corrected chi connectivity index (χ3v) is 6.75. The van der Waals surface area contributed by atoms with Crippen molar-refractivity contribution in [1.29, 1.82) is 0 Å². The number of rotatable bonds is 8. The number of fused-ring (bicyclic) bond motifs is 2. The first-order chi connectivity index (χ1) is 11.2. The Bertz CT molecular complexity index is 501. The van der Waals surface area contributed by atoms with Crippen LogP contribution in [-0.4, -0.2) is 34.6 Å². The largest absolute Gasteiger partial charge is 0.481 e. The van der Waals surface area contributed by atoms with Gasteiger partial charge in [0.15, 0.2) is 0 Å². The average molecular weight is 336 g/mol. The van der Waals surface area contributed by atoms with E-state index in [4.69, 9.17) is 0 Å². The number of thiophene rings is 1. The summed E-state index contributed by atoms with van der Waals surface area (Å²) in [6, 6.07) is 5.15. The van der Waals surface area contributed by atoms with E-state index in [0.29, 0.717) is 12.1 Å². The fourth-order valence-corrected chi connectivity index (χ4v) is 5.63. The van der Waals surface area contributed by atoms with Gasteiger partial charge in [0, 0.05) is 22.9 Å². The smallest absolute Gasteiger partial charge is 0.307 e. The minimum absolute atomic E-state index is 0.192. The molecule has 2 aliphatic heterocycles. The van der Waals surface area contributed by atoms with Gasteiger partial charge in [-0.05, 0) is 43.7 Å². The molecule has 3 heterocycles. The lowest BCUT2D eigenvalue weighted by molar-refractivity contribution is -0.145. The molecule has 2 aliphatic rings. The lowest BCUT2D eigenvalue weighted by atomic mass is 9.79. The molecule has 2 saturated heterocycles. The normalized spacial score (nSPS) is 30.7. The number of carboxylic acid groups (broad SMARTS) is 1. The second-order valence-corrected chi connectivity index (χ2v) is 8.15. The van der Waals surface area contributed by atoms with Gasteiger partial charge in [-0.3, -0.25) is 9.69 Å². The van der Waals surface area contributed by atoms with E-state index >= 15 is 0 Å². The summed E-state index contributed by atoms with van der Waals surface area (Å²) in [6.45, 7) is 3.41. The van der Waals surface area contributed by atoms with E-state index in [0.717, 1.165) is 13.0 Å². The summed E-state index contributed by atoms with van der Waals surface area (Å²) in [5.41, 5.74) is 0. The molecule has 4 atom stereocenters. The molecule has 0 aliphatic carbocycles. The van der Waals surface area contributed by atoms with Gasteiger partial charge in [0.2, 0.25) is 0 Å². The Kier molecular flexibility index (Phi) is 5.76. The Morgan fingerprint density at radius 1 is 1.30 bits per heavy atom. The van der Waals surface area contributed by atoms with Crippen molar-refractivity contribution in [2.45, 2.75) is 76.3 Å². The maximum atomic E-state index is 11.8. The van der Waals surface area contributed by atoms with Gasteiger partial charge >= 0.3 is 5.97 Å². The topological polar surface area (TPSA) is 40.5 Å². The van der Waals surface area contributed by atoms with Crippen LogP contribution in [0.1, 0.15) is 69.1 Å². The molecule has 23 heavy (non-hydrogen) atoms. The van der Waals surface area contributed by atoms with E-state index < -0.39 is 5.97 Å². The van der Waals surface area contributed by atoms with Crippen LogP contribution in [0, 0.1) is 5.92 Å². The van der Waals surface area contributed by atoms with E-state index in [1.54, 1.807) is 11.3 Å². The molecule has 0 amide bonds. The second-order valence-electron chi connectivity index (χ2n) is 7.17. The standard InChI is InChI=1S/C19H29NO2S/c1-2-3-4-5-6-11-20-14-9-10-16(20)18(15(13-14)19(21)22)17-8-7-12-23-17/h7-8,12,14-16,18H,2-6,9-11,13H2,1H3,(H,21,22). The van der Waals surface area contributed by atoms with Crippen LogP contribution >= 0.6 is 11.3 Å². The quantitative estimate of drug-likeness (QED) is 0.698. The van der Waals surface area contributed by atoms with Crippen LogP contribution in [0.4, 0.5) is 0 Å². The molecule has 4 unspecified atom stereocenters. The molecule has 3 rings (SSSR count). The summed E-state index contributed by atoms with van der Waals surface area (Å²) in [7, 11) is 0. The summed E-state index contributed by atoms with van der Waals surface area (Å²) in [5.74, 6) is -0.590. The maximum absolute atomic E-state index is 11.8. The zero-order valence-corrected chi connectivity index (χ0v) is 14.9. The Morgan fingerprint density at radius 3 is 2.83 bits per heavy atom. The Hall–Kier alpha value is -0.870. The molecule has 2 bridgehead atoms. The molecule has 1 aromatic heterocycles. The average Bonchev–Trinajstić information content (AvgIpc) is 3.15. The predicted octanol–water partition coefficient (Wildman–Crippen LogP) is 4.74. The van der Waals surface area contributed by atoms with E-state index in [-0.39, 0.29) is 11.8 Å². The first kappa shape index (κ1) is 17.0. The number of hydrogen-bond acceptors (Lipinski definition) is 3. The van der Waals surface area contributed by atoms with E-state index in [1.807, 2.05) is 0 Å². The summed E-state index contributed by atoms with van der Waals surface area (Å²) < 4.78 is 0. The number of carboxylic acids is 1. The fourth-order valence-electron chi connectivity index (χ4n) is 4.68. The van der Waals surface area contributed by atoms with Crippen LogP contribution in [0.3, 0.4) is 0 Å². The SMILES string of the molecule is CCCCCCCN1C2CCC1C(c1cccs1)C(C(=O)O)C2. The van der Waals surface area contributed by atoms with Crippen LogP contribution < -0.4 is 0 Å². The van der Waals surface area contributed by atoms with Crippen molar-refractivity contribution >= 4 is 17.3 Å². The number of aliphatic carboxylic acids is 1. The number of unbranched alkanes of at least 4 members (excludes halogenated alkanes) is 4. The van der Waals surface area contributed by atoms with Crippen LogP contribution in [0.25, 0.3) is 0 Å². The highest BCUT2D eigenvalue weighted by molar-refractivity contribution is 7.10. The van der Waals surface area contributed by atoms with Crippen molar-refractivity contribution in [3.8, 4) is 0 Å².